The van der Waals surface area contributed by atoms with E-state index in [-0.39, 0.29) is 32.8 Å². The average molecular weight is 758 g/mol. The van der Waals surface area contributed by atoms with E-state index in [0.29, 0.717) is 6.42 Å². The van der Waals surface area contributed by atoms with Crippen LogP contribution in [0.25, 0.3) is 0 Å². The summed E-state index contributed by atoms with van der Waals surface area (Å²) in [5, 5.41) is 0. The molecule has 0 saturated carbocycles. The first-order chi connectivity index (χ1) is 25.4. The van der Waals surface area contributed by atoms with Gasteiger partial charge in [0.15, 0.2) is 6.10 Å². The number of allylic oxidation sites excluding steroid dienone is 3. The molecule has 0 heterocycles. The molecule has 0 spiro atoms. The van der Waals surface area contributed by atoms with E-state index >= 15 is 0 Å². The number of ether oxygens (including phenoxy) is 2. The topological polar surface area (TPSA) is 117 Å². The number of hydrogen-bond donors (Lipinski definition) is 2. The Morgan fingerprint density at radius 2 is 0.981 bits per heavy atom. The Morgan fingerprint density at radius 1 is 0.577 bits per heavy atom. The largest absolute Gasteiger partial charge is 0.498 e. The van der Waals surface area contributed by atoms with Crippen molar-refractivity contribution < 1.29 is 32.8 Å². The molecule has 0 bridgehead atoms. The highest BCUT2D eigenvalue weighted by atomic mass is 31.2. The van der Waals surface area contributed by atoms with Crippen molar-refractivity contribution in [1.82, 2.24) is 0 Å². The number of esters is 1. The zero-order valence-corrected chi connectivity index (χ0v) is 35.0. The van der Waals surface area contributed by atoms with Crippen LogP contribution in [0, 0.1) is 0 Å². The fourth-order valence-electron chi connectivity index (χ4n) is 6.22. The number of phosphoric ester groups is 1. The highest BCUT2D eigenvalue weighted by molar-refractivity contribution is 7.47. The third kappa shape index (κ3) is 40.0. The summed E-state index contributed by atoms with van der Waals surface area (Å²) < 4.78 is 33.1. The van der Waals surface area contributed by atoms with E-state index in [1.807, 2.05) is 12.2 Å². The maximum atomic E-state index is 12.5. The van der Waals surface area contributed by atoms with Crippen molar-refractivity contribution in [3.8, 4) is 0 Å². The van der Waals surface area contributed by atoms with Gasteiger partial charge < -0.3 is 20.1 Å². The van der Waals surface area contributed by atoms with Gasteiger partial charge in [-0.2, -0.15) is 0 Å². The van der Waals surface area contributed by atoms with Crippen LogP contribution in [0.3, 0.4) is 0 Å². The van der Waals surface area contributed by atoms with Crippen LogP contribution in [-0.4, -0.2) is 43.3 Å². The van der Waals surface area contributed by atoms with Crippen LogP contribution in [-0.2, 0) is 27.9 Å². The molecule has 0 aromatic carbocycles. The van der Waals surface area contributed by atoms with Crippen molar-refractivity contribution in [3.63, 3.8) is 0 Å². The van der Waals surface area contributed by atoms with Crippen molar-refractivity contribution in [2.24, 2.45) is 5.73 Å². The van der Waals surface area contributed by atoms with Gasteiger partial charge >= 0.3 is 13.8 Å². The average Bonchev–Trinajstić information content (AvgIpc) is 3.13. The quantitative estimate of drug-likeness (QED) is 0.0208. The van der Waals surface area contributed by atoms with Crippen molar-refractivity contribution in [3.05, 3.63) is 24.5 Å². The number of hydrogen-bond acceptors (Lipinski definition) is 7. The number of carbonyl (C=O) groups excluding carboxylic acids is 1. The summed E-state index contributed by atoms with van der Waals surface area (Å²) in [6.45, 7) is 4.22. The Morgan fingerprint density at radius 3 is 1.42 bits per heavy atom. The van der Waals surface area contributed by atoms with Gasteiger partial charge in [-0.15, -0.1) is 0 Å². The summed E-state index contributed by atoms with van der Waals surface area (Å²) in [6, 6.07) is 0. The normalized spacial score (nSPS) is 13.6. The van der Waals surface area contributed by atoms with E-state index in [0.717, 1.165) is 19.3 Å². The molecule has 308 valence electrons. The summed E-state index contributed by atoms with van der Waals surface area (Å²) in [5.41, 5.74) is 5.36. The smallest absolute Gasteiger partial charge is 0.472 e. The van der Waals surface area contributed by atoms with Gasteiger partial charge in [0.1, 0.15) is 6.61 Å². The summed E-state index contributed by atoms with van der Waals surface area (Å²) in [5.74, 6) is -0.399. The van der Waals surface area contributed by atoms with E-state index < -0.39 is 19.9 Å². The third-order valence-corrected chi connectivity index (χ3v) is 10.4. The molecule has 0 aromatic heterocycles. The first-order valence-electron chi connectivity index (χ1n) is 21.9. The molecule has 0 aliphatic heterocycles. The first-order valence-corrected chi connectivity index (χ1v) is 23.4. The zero-order valence-electron chi connectivity index (χ0n) is 34.1. The summed E-state index contributed by atoms with van der Waals surface area (Å²) in [4.78, 5) is 22.4. The van der Waals surface area contributed by atoms with Crippen LogP contribution in [0.5, 0.6) is 0 Å². The number of carbonyl (C=O) groups is 1. The van der Waals surface area contributed by atoms with Gasteiger partial charge in [0, 0.05) is 13.0 Å². The van der Waals surface area contributed by atoms with E-state index in [4.69, 9.17) is 24.3 Å². The van der Waals surface area contributed by atoms with Gasteiger partial charge in [-0.1, -0.05) is 187 Å². The van der Waals surface area contributed by atoms with E-state index in [1.165, 1.54) is 167 Å². The molecule has 0 rings (SSSR count). The summed E-state index contributed by atoms with van der Waals surface area (Å²) in [6.07, 6.45) is 45.9. The molecule has 52 heavy (non-hydrogen) atoms. The number of unbranched alkanes of at least 4 members (excludes halogenated alkanes) is 27. The molecular weight excluding hydrogens is 673 g/mol. The second-order valence-electron chi connectivity index (χ2n) is 14.6. The molecule has 0 aromatic rings. The number of phosphoric acid groups is 1. The molecule has 9 heteroatoms. The van der Waals surface area contributed by atoms with E-state index in [9.17, 15) is 14.3 Å². The minimum absolute atomic E-state index is 0.0206. The Hall–Kier alpha value is -1.18. The lowest BCUT2D eigenvalue weighted by Gasteiger charge is -2.19. The molecule has 8 nitrogen and oxygen atoms in total. The van der Waals surface area contributed by atoms with Crippen LogP contribution < -0.4 is 5.73 Å². The van der Waals surface area contributed by atoms with Crippen molar-refractivity contribution >= 4 is 13.8 Å². The van der Waals surface area contributed by atoms with E-state index in [1.54, 1.807) is 6.26 Å². The highest BCUT2D eigenvalue weighted by Crippen LogP contribution is 2.43. The fourth-order valence-corrected chi connectivity index (χ4v) is 6.98. The Balaban J connectivity index is 4.08. The van der Waals surface area contributed by atoms with Gasteiger partial charge in [0.05, 0.1) is 19.5 Å². The van der Waals surface area contributed by atoms with Crippen LogP contribution >= 0.6 is 7.82 Å². The lowest BCUT2D eigenvalue weighted by molar-refractivity contribution is -0.153. The highest BCUT2D eigenvalue weighted by Gasteiger charge is 2.25. The van der Waals surface area contributed by atoms with Crippen molar-refractivity contribution in [2.45, 2.75) is 219 Å². The van der Waals surface area contributed by atoms with Gasteiger partial charge in [-0.3, -0.25) is 13.8 Å². The zero-order chi connectivity index (χ0) is 38.1. The number of nitrogens with two attached hydrogens (primary N) is 1. The molecule has 3 N–H and O–H groups in total. The molecule has 0 fully saturated rings. The predicted molar refractivity (Wildman–Crippen MR) is 219 cm³/mol. The van der Waals surface area contributed by atoms with Gasteiger partial charge in [-0.05, 0) is 38.2 Å². The van der Waals surface area contributed by atoms with Gasteiger partial charge in [-0.25, -0.2) is 4.57 Å². The van der Waals surface area contributed by atoms with Crippen molar-refractivity contribution in [1.29, 1.82) is 0 Å². The Kier molecular flexibility index (Phi) is 40.1. The maximum absolute atomic E-state index is 12.5. The monoisotopic (exact) mass is 758 g/mol. The first kappa shape index (κ1) is 50.8. The molecule has 0 radical (unpaired) electrons. The maximum Gasteiger partial charge on any atom is 0.472 e. The van der Waals surface area contributed by atoms with Crippen LogP contribution in [0.4, 0.5) is 0 Å². The molecule has 0 saturated heterocycles. The third-order valence-electron chi connectivity index (χ3n) is 9.45. The van der Waals surface area contributed by atoms with Crippen LogP contribution in [0.2, 0.25) is 0 Å². The molecule has 1 unspecified atom stereocenters. The lowest BCUT2D eigenvalue weighted by Crippen LogP contribution is -2.27. The second kappa shape index (κ2) is 41.0. The second-order valence-corrected chi connectivity index (χ2v) is 16.1. The predicted octanol–water partition coefficient (Wildman–Crippen LogP) is 13.2. The summed E-state index contributed by atoms with van der Waals surface area (Å²) >= 11 is 0. The minimum atomic E-state index is -4.30. The minimum Gasteiger partial charge on any atom is -0.498 e. The van der Waals surface area contributed by atoms with Crippen molar-refractivity contribution in [2.75, 3.05) is 26.4 Å². The van der Waals surface area contributed by atoms with Crippen LogP contribution in [0.1, 0.15) is 213 Å². The molecule has 0 amide bonds. The van der Waals surface area contributed by atoms with Gasteiger partial charge in [0.25, 0.3) is 0 Å². The van der Waals surface area contributed by atoms with E-state index in [2.05, 4.69) is 19.9 Å². The van der Waals surface area contributed by atoms with Gasteiger partial charge in [0.2, 0.25) is 0 Å². The summed E-state index contributed by atoms with van der Waals surface area (Å²) in [7, 11) is -4.30. The number of rotatable bonds is 42. The standard InChI is InChI=1S/C43H84NO7P/c1-3-5-7-9-11-13-15-17-19-20-21-23-25-27-29-31-33-35-38-48-40-42(41-50-52(46,47)49-39-37-44)51-43(45)36-34-32-30-28-26-24-22-18-16-14-12-10-8-6-4-2/h30,32,35,38,42H,3-29,31,33-34,36-37,39-41,44H2,1-2H3,(H,46,47)/b32-30+,38-35+/t42-/m1/s1. The molecular formula is C43H84NO7P. The fraction of sp³-hybridized carbons (Fsp3) is 0.884. The lowest BCUT2D eigenvalue weighted by atomic mass is 10.0. The Labute approximate surface area is 321 Å². The SMILES string of the molecule is CCCCCCCCCCCCC/C=C/CCC(=O)O[C@H](CO/C=C/CCCCCCCCCCCCCCCCCC)COP(=O)(O)OCCN. The molecule has 0 aliphatic carbocycles. The Bertz CT molecular complexity index is 853. The molecule has 2 atom stereocenters. The molecule has 0 aliphatic rings. The van der Waals surface area contributed by atoms with Crippen LogP contribution in [0.15, 0.2) is 24.5 Å².